The van der Waals surface area contributed by atoms with Gasteiger partial charge in [-0.2, -0.15) is 0 Å². The summed E-state index contributed by atoms with van der Waals surface area (Å²) in [7, 11) is 0. The molecule has 0 atom stereocenters. The van der Waals surface area contributed by atoms with E-state index in [0.717, 1.165) is 55.2 Å². The number of nitrogens with zero attached hydrogens (tertiary/aromatic N) is 2. The summed E-state index contributed by atoms with van der Waals surface area (Å²) in [6, 6.07) is 10.0. The molecule has 4 rings (SSSR count). The Morgan fingerprint density at radius 3 is 2.82 bits per heavy atom. The molecule has 5 nitrogen and oxygen atoms in total. The first kappa shape index (κ1) is 13.5. The quantitative estimate of drug-likeness (QED) is 0.925. The molecule has 0 aliphatic carbocycles. The molecule has 5 heteroatoms. The summed E-state index contributed by atoms with van der Waals surface area (Å²) < 4.78 is 5.12. The molecule has 22 heavy (non-hydrogen) atoms. The lowest BCUT2D eigenvalue weighted by atomic mass is 9.73. The van der Waals surface area contributed by atoms with E-state index in [0.29, 0.717) is 0 Å². The van der Waals surface area contributed by atoms with Crippen LogP contribution in [0.1, 0.15) is 29.9 Å². The summed E-state index contributed by atoms with van der Waals surface area (Å²) in [6.07, 6.45) is 1.71. The van der Waals surface area contributed by atoms with Crippen molar-refractivity contribution in [1.82, 2.24) is 10.1 Å². The van der Waals surface area contributed by atoms with Crippen molar-refractivity contribution in [2.45, 2.75) is 31.7 Å². The van der Waals surface area contributed by atoms with Crippen LogP contribution in [-0.4, -0.2) is 29.1 Å². The Hall–Kier alpha value is -2.14. The Balaban J connectivity index is 1.51. The first-order valence-corrected chi connectivity index (χ1v) is 7.73. The highest BCUT2D eigenvalue weighted by molar-refractivity contribution is 6.06. The van der Waals surface area contributed by atoms with Crippen LogP contribution in [0, 0.1) is 6.92 Å². The number of para-hydroxylation sites is 1. The fraction of sp³-hybridized carbons (Fsp3) is 0.412. The van der Waals surface area contributed by atoms with Gasteiger partial charge in [0.05, 0.1) is 11.1 Å². The highest BCUT2D eigenvalue weighted by atomic mass is 16.5. The van der Waals surface area contributed by atoms with E-state index in [4.69, 9.17) is 4.52 Å². The van der Waals surface area contributed by atoms with Crippen molar-refractivity contribution in [3.8, 4) is 0 Å². The SMILES string of the molecule is Cc1cc(CN2CCC3(CC2)C(=O)Nc2ccccc23)no1. The van der Waals surface area contributed by atoms with Crippen LogP contribution < -0.4 is 5.32 Å². The number of benzene rings is 1. The summed E-state index contributed by atoms with van der Waals surface area (Å²) in [5.41, 5.74) is 2.77. The lowest BCUT2D eigenvalue weighted by Crippen LogP contribution is -2.46. The zero-order valence-corrected chi connectivity index (χ0v) is 12.6. The van der Waals surface area contributed by atoms with E-state index in [-0.39, 0.29) is 11.3 Å². The lowest BCUT2D eigenvalue weighted by molar-refractivity contribution is -0.122. The monoisotopic (exact) mass is 297 g/mol. The standard InChI is InChI=1S/C17H19N3O2/c1-12-10-13(19-22-12)11-20-8-6-17(7-9-20)14-4-2-3-5-15(14)18-16(17)21/h2-5,10H,6-9,11H2,1H3,(H,18,21). The maximum atomic E-state index is 12.5. The number of hydrogen-bond donors (Lipinski definition) is 1. The van der Waals surface area contributed by atoms with Crippen LogP contribution in [0.4, 0.5) is 5.69 Å². The van der Waals surface area contributed by atoms with Gasteiger partial charge in [0.2, 0.25) is 5.91 Å². The van der Waals surface area contributed by atoms with Crippen molar-refractivity contribution in [2.75, 3.05) is 18.4 Å². The molecule has 114 valence electrons. The highest BCUT2D eigenvalue weighted by Crippen LogP contribution is 2.44. The van der Waals surface area contributed by atoms with Crippen LogP contribution in [0.3, 0.4) is 0 Å². The van der Waals surface area contributed by atoms with Gasteiger partial charge in [-0.15, -0.1) is 0 Å². The number of carbonyl (C=O) groups excluding carboxylic acids is 1. The van der Waals surface area contributed by atoms with Crippen LogP contribution in [0.25, 0.3) is 0 Å². The van der Waals surface area contributed by atoms with Crippen molar-refractivity contribution in [3.63, 3.8) is 0 Å². The summed E-state index contributed by atoms with van der Waals surface area (Å²) in [6.45, 7) is 4.49. The van der Waals surface area contributed by atoms with Crippen LogP contribution in [0.15, 0.2) is 34.9 Å². The van der Waals surface area contributed by atoms with E-state index in [2.05, 4.69) is 21.4 Å². The minimum atomic E-state index is -0.340. The van der Waals surface area contributed by atoms with Crippen molar-refractivity contribution < 1.29 is 9.32 Å². The average molecular weight is 297 g/mol. The lowest BCUT2D eigenvalue weighted by Gasteiger charge is -2.37. The molecule has 2 aliphatic rings. The molecule has 1 aromatic heterocycles. The topological polar surface area (TPSA) is 58.4 Å². The molecular formula is C17H19N3O2. The van der Waals surface area contributed by atoms with Gasteiger partial charge in [-0.05, 0) is 44.5 Å². The molecule has 0 saturated carbocycles. The largest absolute Gasteiger partial charge is 0.361 e. The van der Waals surface area contributed by atoms with Gasteiger partial charge in [-0.25, -0.2) is 0 Å². The Morgan fingerprint density at radius 1 is 1.32 bits per heavy atom. The Morgan fingerprint density at radius 2 is 2.09 bits per heavy atom. The van der Waals surface area contributed by atoms with Crippen LogP contribution in [-0.2, 0) is 16.8 Å². The number of piperidine rings is 1. The number of rotatable bonds is 2. The van der Waals surface area contributed by atoms with E-state index >= 15 is 0 Å². The van der Waals surface area contributed by atoms with E-state index in [1.54, 1.807) is 0 Å². The molecular weight excluding hydrogens is 278 g/mol. The third kappa shape index (κ3) is 2.04. The number of aryl methyl sites for hydroxylation is 1. The summed E-state index contributed by atoms with van der Waals surface area (Å²) in [4.78, 5) is 14.9. The fourth-order valence-corrected chi connectivity index (χ4v) is 3.68. The molecule has 2 aromatic rings. The Kier molecular flexibility index (Phi) is 3.04. The molecule has 1 saturated heterocycles. The van der Waals surface area contributed by atoms with Crippen molar-refractivity contribution in [3.05, 3.63) is 47.3 Å². The van der Waals surface area contributed by atoms with Crippen LogP contribution >= 0.6 is 0 Å². The number of amides is 1. The number of carbonyl (C=O) groups is 1. The molecule has 0 radical (unpaired) electrons. The Labute approximate surface area is 129 Å². The van der Waals surface area contributed by atoms with Gasteiger partial charge in [0.1, 0.15) is 5.76 Å². The van der Waals surface area contributed by atoms with Gasteiger partial charge in [0, 0.05) is 18.3 Å². The normalized spacial score (nSPS) is 20.1. The van der Waals surface area contributed by atoms with E-state index in [9.17, 15) is 4.79 Å². The van der Waals surface area contributed by atoms with E-state index in [1.165, 1.54) is 0 Å². The second kappa shape index (κ2) is 4.95. The van der Waals surface area contributed by atoms with Crippen LogP contribution in [0.2, 0.25) is 0 Å². The molecule has 1 aromatic carbocycles. The van der Waals surface area contributed by atoms with E-state index in [1.807, 2.05) is 31.2 Å². The molecule has 1 N–H and O–H groups in total. The second-order valence-electron chi connectivity index (χ2n) is 6.29. The number of nitrogens with one attached hydrogen (secondary N) is 1. The molecule has 2 aliphatic heterocycles. The van der Waals surface area contributed by atoms with Crippen molar-refractivity contribution in [2.24, 2.45) is 0 Å². The van der Waals surface area contributed by atoms with Crippen molar-refractivity contribution in [1.29, 1.82) is 0 Å². The minimum absolute atomic E-state index is 0.158. The predicted octanol–water partition coefficient (Wildman–Crippen LogP) is 2.47. The molecule has 0 unspecified atom stereocenters. The van der Waals surface area contributed by atoms with Gasteiger partial charge < -0.3 is 9.84 Å². The predicted molar refractivity (Wildman–Crippen MR) is 82.5 cm³/mol. The number of likely N-dealkylation sites (tertiary alicyclic amines) is 1. The summed E-state index contributed by atoms with van der Waals surface area (Å²) in [5, 5.41) is 7.09. The zero-order chi connectivity index (χ0) is 15.2. The smallest absolute Gasteiger partial charge is 0.235 e. The molecule has 0 bridgehead atoms. The maximum Gasteiger partial charge on any atom is 0.235 e. The molecule has 3 heterocycles. The van der Waals surface area contributed by atoms with Crippen LogP contribution in [0.5, 0.6) is 0 Å². The Bertz CT molecular complexity index is 714. The maximum absolute atomic E-state index is 12.5. The van der Waals surface area contributed by atoms with Gasteiger partial charge >= 0.3 is 0 Å². The second-order valence-corrected chi connectivity index (χ2v) is 6.29. The van der Waals surface area contributed by atoms with Gasteiger partial charge in [0.15, 0.2) is 0 Å². The molecule has 1 spiro atoms. The third-order valence-corrected chi connectivity index (χ3v) is 4.90. The summed E-state index contributed by atoms with van der Waals surface area (Å²) >= 11 is 0. The fourth-order valence-electron chi connectivity index (χ4n) is 3.68. The zero-order valence-electron chi connectivity index (χ0n) is 12.6. The molecule has 1 amide bonds. The van der Waals surface area contributed by atoms with Gasteiger partial charge in [0.25, 0.3) is 0 Å². The summed E-state index contributed by atoms with van der Waals surface area (Å²) in [5.74, 6) is 0.998. The minimum Gasteiger partial charge on any atom is -0.361 e. The number of fused-ring (bicyclic) bond motifs is 2. The van der Waals surface area contributed by atoms with Gasteiger partial charge in [-0.3, -0.25) is 9.69 Å². The highest BCUT2D eigenvalue weighted by Gasteiger charge is 2.48. The first-order chi connectivity index (χ1) is 10.7. The first-order valence-electron chi connectivity index (χ1n) is 7.73. The van der Waals surface area contributed by atoms with Gasteiger partial charge in [-0.1, -0.05) is 23.4 Å². The molecule has 1 fully saturated rings. The van der Waals surface area contributed by atoms with Crippen molar-refractivity contribution >= 4 is 11.6 Å². The number of hydrogen-bond acceptors (Lipinski definition) is 4. The van der Waals surface area contributed by atoms with E-state index < -0.39 is 0 Å². The third-order valence-electron chi connectivity index (χ3n) is 4.90. The number of aromatic nitrogens is 1. The average Bonchev–Trinajstić information content (AvgIpc) is 3.04. The number of anilines is 1.